The van der Waals surface area contributed by atoms with Crippen LogP contribution in [-0.4, -0.2) is 0 Å². The van der Waals surface area contributed by atoms with Gasteiger partial charge < -0.3 is 0 Å². The Kier molecular flexibility index (Phi) is 6.66. The van der Waals surface area contributed by atoms with Crippen LogP contribution in [0.25, 0.3) is 11.1 Å². The Morgan fingerprint density at radius 3 is 1.83 bits per heavy atom. The van der Waals surface area contributed by atoms with Crippen LogP contribution in [0.4, 0.5) is 26.3 Å². The Balaban J connectivity index is 1.91. The molecule has 1 saturated carbocycles. The van der Waals surface area contributed by atoms with Crippen LogP contribution in [0.15, 0.2) is 24.3 Å². The average molecular weight is 479 g/mol. The van der Waals surface area contributed by atoms with Crippen LogP contribution < -0.4 is 0 Å². The predicted octanol–water partition coefficient (Wildman–Crippen LogP) is 8.43. The zero-order chi connectivity index (χ0) is 21.3. The van der Waals surface area contributed by atoms with E-state index in [4.69, 9.17) is 0 Å². The first-order chi connectivity index (χ1) is 13.6. The lowest BCUT2D eigenvalue weighted by Gasteiger charge is -2.29. The summed E-state index contributed by atoms with van der Waals surface area (Å²) in [6.45, 7) is 2.13. The van der Waals surface area contributed by atoms with E-state index in [9.17, 15) is 26.3 Å². The Hall–Kier alpha value is -1.50. The standard InChI is InChI=1S/C22H21BrF6/c1-2-3-12-4-6-13(7-5-12)14-8-16(24)20(17(25)9-14)15-10-18(26)21(19(27)11-15)22(23,28)29/h8-13H,2-7H2,1H3. The van der Waals surface area contributed by atoms with Crippen molar-refractivity contribution < 1.29 is 26.3 Å². The molecule has 0 heterocycles. The summed E-state index contributed by atoms with van der Waals surface area (Å²) >= 11 is 1.90. The summed E-state index contributed by atoms with van der Waals surface area (Å²) < 4.78 is 84.1. The van der Waals surface area contributed by atoms with Crippen molar-refractivity contribution in [3.63, 3.8) is 0 Å². The lowest BCUT2D eigenvalue weighted by atomic mass is 9.77. The number of rotatable bonds is 5. The Morgan fingerprint density at radius 1 is 0.862 bits per heavy atom. The summed E-state index contributed by atoms with van der Waals surface area (Å²) in [5.74, 6) is -4.43. The first kappa shape index (κ1) is 22.2. The SMILES string of the molecule is CCCC1CCC(c2cc(F)c(-c3cc(F)c(C(F)(F)Br)c(F)c3)c(F)c2)CC1. The normalized spacial score (nSPS) is 20.1. The summed E-state index contributed by atoms with van der Waals surface area (Å²) in [5.41, 5.74) is -2.07. The van der Waals surface area contributed by atoms with E-state index in [1.807, 2.05) is 15.9 Å². The number of halogens is 7. The summed E-state index contributed by atoms with van der Waals surface area (Å²) in [6.07, 6.45) is 5.93. The minimum absolute atomic E-state index is 0.0316. The first-order valence-corrected chi connectivity index (χ1v) is 10.5. The Morgan fingerprint density at radius 2 is 1.38 bits per heavy atom. The summed E-state index contributed by atoms with van der Waals surface area (Å²) in [7, 11) is 0. The highest BCUT2D eigenvalue weighted by atomic mass is 79.9. The highest BCUT2D eigenvalue weighted by Crippen LogP contribution is 2.42. The second-order valence-corrected chi connectivity index (χ2v) is 8.67. The molecule has 7 heteroatoms. The minimum Gasteiger partial charge on any atom is -0.206 e. The van der Waals surface area contributed by atoms with Gasteiger partial charge in [-0.1, -0.05) is 19.8 Å². The van der Waals surface area contributed by atoms with Crippen LogP contribution >= 0.6 is 15.9 Å². The predicted molar refractivity (Wildman–Crippen MR) is 104 cm³/mol. The quantitative estimate of drug-likeness (QED) is 0.298. The maximum atomic E-state index is 14.7. The molecule has 0 N–H and O–H groups in total. The van der Waals surface area contributed by atoms with Crippen molar-refractivity contribution in [2.45, 2.75) is 56.2 Å². The molecule has 0 spiro atoms. The molecule has 0 aromatic heterocycles. The minimum atomic E-state index is -3.93. The number of benzene rings is 2. The average Bonchev–Trinajstić information content (AvgIpc) is 2.60. The highest BCUT2D eigenvalue weighted by molar-refractivity contribution is 9.09. The van der Waals surface area contributed by atoms with Gasteiger partial charge in [0, 0.05) is 0 Å². The second-order valence-electron chi connectivity index (χ2n) is 7.68. The monoisotopic (exact) mass is 478 g/mol. The molecule has 1 aliphatic rings. The van der Waals surface area contributed by atoms with Gasteiger partial charge in [-0.05, 0) is 88.8 Å². The van der Waals surface area contributed by atoms with Gasteiger partial charge in [0.2, 0.25) is 0 Å². The molecule has 3 rings (SSSR count). The van der Waals surface area contributed by atoms with E-state index < -0.39 is 44.8 Å². The fraction of sp³-hybridized carbons (Fsp3) is 0.455. The van der Waals surface area contributed by atoms with E-state index in [1.165, 1.54) is 12.1 Å². The second kappa shape index (κ2) is 8.70. The van der Waals surface area contributed by atoms with Gasteiger partial charge in [0.15, 0.2) is 0 Å². The molecule has 158 valence electrons. The van der Waals surface area contributed by atoms with Gasteiger partial charge in [-0.2, -0.15) is 8.78 Å². The van der Waals surface area contributed by atoms with Crippen molar-refractivity contribution in [1.82, 2.24) is 0 Å². The van der Waals surface area contributed by atoms with Crippen molar-refractivity contribution in [2.24, 2.45) is 5.92 Å². The molecule has 0 bridgehead atoms. The van der Waals surface area contributed by atoms with Crippen molar-refractivity contribution in [3.8, 4) is 11.1 Å². The van der Waals surface area contributed by atoms with Gasteiger partial charge in [0.1, 0.15) is 28.8 Å². The molecule has 0 saturated heterocycles. The van der Waals surface area contributed by atoms with E-state index in [-0.39, 0.29) is 5.92 Å². The van der Waals surface area contributed by atoms with Crippen LogP contribution in [0.2, 0.25) is 0 Å². The molecular weight excluding hydrogens is 458 g/mol. The van der Waals surface area contributed by atoms with Gasteiger partial charge in [0.25, 0.3) is 0 Å². The Labute approximate surface area is 174 Å². The molecule has 2 aromatic rings. The molecule has 0 amide bonds. The zero-order valence-corrected chi connectivity index (χ0v) is 17.4. The summed E-state index contributed by atoms with van der Waals surface area (Å²) in [6, 6.07) is 3.41. The number of alkyl halides is 3. The molecule has 0 nitrogen and oxygen atoms in total. The molecule has 2 aromatic carbocycles. The molecule has 1 fully saturated rings. The smallest absolute Gasteiger partial charge is 0.206 e. The highest BCUT2D eigenvalue weighted by Gasteiger charge is 2.35. The summed E-state index contributed by atoms with van der Waals surface area (Å²) in [5, 5.41) is 0. The molecule has 0 radical (unpaired) electrons. The van der Waals surface area contributed by atoms with Gasteiger partial charge in [0.05, 0.1) is 5.56 Å². The third kappa shape index (κ3) is 4.81. The first-order valence-electron chi connectivity index (χ1n) is 9.67. The van der Waals surface area contributed by atoms with Gasteiger partial charge in [-0.15, -0.1) is 0 Å². The van der Waals surface area contributed by atoms with E-state index in [2.05, 4.69) is 6.92 Å². The third-order valence-corrected chi connectivity index (χ3v) is 6.09. The maximum absolute atomic E-state index is 14.7. The lowest BCUT2D eigenvalue weighted by Crippen LogP contribution is -2.14. The van der Waals surface area contributed by atoms with E-state index in [1.54, 1.807) is 0 Å². The largest absolute Gasteiger partial charge is 0.332 e. The van der Waals surface area contributed by atoms with E-state index in [0.29, 0.717) is 23.6 Å². The van der Waals surface area contributed by atoms with Crippen LogP contribution in [0.5, 0.6) is 0 Å². The van der Waals surface area contributed by atoms with E-state index in [0.717, 1.165) is 38.5 Å². The molecule has 0 unspecified atom stereocenters. The molecular formula is C22H21BrF6. The number of hydrogen-bond donors (Lipinski definition) is 0. The van der Waals surface area contributed by atoms with Crippen molar-refractivity contribution >= 4 is 15.9 Å². The molecule has 1 aliphatic carbocycles. The van der Waals surface area contributed by atoms with E-state index >= 15 is 0 Å². The van der Waals surface area contributed by atoms with Crippen LogP contribution in [0.1, 0.15) is 62.5 Å². The topological polar surface area (TPSA) is 0 Å². The fourth-order valence-corrected chi connectivity index (χ4v) is 4.66. The molecule has 0 atom stereocenters. The van der Waals surface area contributed by atoms with Crippen LogP contribution in [0.3, 0.4) is 0 Å². The fourth-order valence-electron chi connectivity index (χ4n) is 4.29. The van der Waals surface area contributed by atoms with Crippen LogP contribution in [-0.2, 0) is 4.83 Å². The van der Waals surface area contributed by atoms with Gasteiger partial charge in [-0.25, -0.2) is 17.6 Å². The van der Waals surface area contributed by atoms with Crippen LogP contribution in [0, 0.1) is 29.2 Å². The van der Waals surface area contributed by atoms with Gasteiger partial charge in [-0.3, -0.25) is 0 Å². The van der Waals surface area contributed by atoms with Gasteiger partial charge >= 0.3 is 4.83 Å². The number of hydrogen-bond acceptors (Lipinski definition) is 0. The molecule has 0 aliphatic heterocycles. The Bertz CT molecular complexity index is 835. The summed E-state index contributed by atoms with van der Waals surface area (Å²) in [4.78, 5) is -3.93. The van der Waals surface area contributed by atoms with Crippen molar-refractivity contribution in [2.75, 3.05) is 0 Å². The maximum Gasteiger partial charge on any atom is 0.332 e. The van der Waals surface area contributed by atoms with Crippen molar-refractivity contribution in [3.05, 3.63) is 58.7 Å². The molecule has 29 heavy (non-hydrogen) atoms. The zero-order valence-electron chi connectivity index (χ0n) is 15.9. The lowest BCUT2D eigenvalue weighted by molar-refractivity contribution is 0.105. The third-order valence-electron chi connectivity index (χ3n) is 5.69. The van der Waals surface area contributed by atoms with Crippen molar-refractivity contribution in [1.29, 1.82) is 0 Å².